The number of aryl methyl sites for hydroxylation is 1. The van der Waals surface area contributed by atoms with Gasteiger partial charge in [0.15, 0.2) is 0 Å². The second-order valence-corrected chi connectivity index (χ2v) is 8.38. The summed E-state index contributed by atoms with van der Waals surface area (Å²) >= 11 is 0. The fraction of sp³-hybridized carbons (Fsp3) is 0.154. The van der Waals surface area contributed by atoms with Crippen LogP contribution in [0.3, 0.4) is 0 Å². The molecule has 4 aromatic rings. The lowest BCUT2D eigenvalue weighted by molar-refractivity contribution is -0.122. The Balaban J connectivity index is 1.30. The summed E-state index contributed by atoms with van der Waals surface area (Å²) in [6, 6.07) is 22.3. The summed E-state index contributed by atoms with van der Waals surface area (Å²) in [5, 5.41) is 15.1. The monoisotopic (exact) mass is 498 g/mol. The molecule has 1 aromatic heterocycles. The van der Waals surface area contributed by atoms with Gasteiger partial charge in [0.05, 0.1) is 19.0 Å². The van der Waals surface area contributed by atoms with Crippen molar-refractivity contribution in [3.63, 3.8) is 0 Å². The van der Waals surface area contributed by atoms with Crippen LogP contribution in [0.25, 0.3) is 11.4 Å². The van der Waals surface area contributed by atoms with Gasteiger partial charge in [-0.1, -0.05) is 72.3 Å². The van der Waals surface area contributed by atoms with Gasteiger partial charge in [0.1, 0.15) is 0 Å². The van der Waals surface area contributed by atoms with E-state index < -0.39 is 23.9 Å². The van der Waals surface area contributed by atoms with E-state index in [4.69, 9.17) is 5.73 Å². The minimum Gasteiger partial charge on any atom is -0.352 e. The number of hydrogen-bond acceptors (Lipinski definition) is 6. The smallest absolute Gasteiger partial charge is 0.312 e. The molecule has 0 unspecified atom stereocenters. The quantitative estimate of drug-likeness (QED) is 0.273. The van der Waals surface area contributed by atoms with Crippen LogP contribution in [-0.2, 0) is 11.3 Å². The first-order valence-corrected chi connectivity index (χ1v) is 11.5. The maximum atomic E-state index is 12.5. The van der Waals surface area contributed by atoms with Crippen molar-refractivity contribution < 1.29 is 14.4 Å². The van der Waals surface area contributed by atoms with Gasteiger partial charge in [0.2, 0.25) is 11.7 Å². The molecule has 0 bridgehead atoms. The first-order chi connectivity index (χ1) is 17.9. The van der Waals surface area contributed by atoms with Crippen LogP contribution >= 0.6 is 0 Å². The van der Waals surface area contributed by atoms with E-state index in [1.165, 1.54) is 4.80 Å². The number of hydrogen-bond donors (Lipinski definition) is 4. The van der Waals surface area contributed by atoms with Gasteiger partial charge >= 0.3 is 6.03 Å². The molecular weight excluding hydrogens is 472 g/mol. The largest absolute Gasteiger partial charge is 0.352 e. The summed E-state index contributed by atoms with van der Waals surface area (Å²) in [5.74, 6) is -0.446. The van der Waals surface area contributed by atoms with Crippen LogP contribution < -0.4 is 21.9 Å². The van der Waals surface area contributed by atoms with Crippen molar-refractivity contribution >= 4 is 17.8 Å². The minimum absolute atomic E-state index is 0.110. The van der Waals surface area contributed by atoms with Crippen LogP contribution in [0.15, 0.2) is 78.9 Å². The average Bonchev–Trinajstić information content (AvgIpc) is 3.36. The molecule has 0 spiro atoms. The van der Waals surface area contributed by atoms with E-state index in [1.54, 1.807) is 36.4 Å². The highest BCUT2D eigenvalue weighted by Crippen LogP contribution is 2.17. The number of urea groups is 1. The Hall–Kier alpha value is -5.06. The standard InChI is InChI=1S/C26H26N8O3/c1-17-7-11-19(12-8-17)22(28-26(27)37)15-23(35)29-31-25(36)21-13-9-18(10-14-21)16-34-32-24(30-33-34)20-5-3-2-4-6-20/h2-14,22H,15-16H2,1H3,(H,29,35)(H,31,36)(H3,27,28,37)/t22-/m1/s1. The lowest BCUT2D eigenvalue weighted by atomic mass is 10.0. The number of nitrogens with zero attached hydrogens (tertiary/aromatic N) is 4. The van der Waals surface area contributed by atoms with Crippen LogP contribution in [0.2, 0.25) is 0 Å². The normalized spacial score (nSPS) is 11.4. The summed E-state index contributed by atoms with van der Waals surface area (Å²) in [6.07, 6.45) is -0.110. The number of carbonyl (C=O) groups is 3. The molecule has 11 heteroatoms. The number of nitrogens with two attached hydrogens (primary N) is 1. The molecule has 0 radical (unpaired) electrons. The zero-order chi connectivity index (χ0) is 26.2. The van der Waals surface area contributed by atoms with Gasteiger partial charge in [-0.15, -0.1) is 10.2 Å². The molecule has 11 nitrogen and oxygen atoms in total. The molecule has 3 aromatic carbocycles. The van der Waals surface area contributed by atoms with Crippen molar-refractivity contribution in [2.75, 3.05) is 0 Å². The highest BCUT2D eigenvalue weighted by Gasteiger charge is 2.18. The molecule has 0 saturated carbocycles. The molecule has 0 aliphatic rings. The molecule has 0 saturated heterocycles. The summed E-state index contributed by atoms with van der Waals surface area (Å²) < 4.78 is 0. The summed E-state index contributed by atoms with van der Waals surface area (Å²) in [5.41, 5.74) is 13.9. The van der Waals surface area contributed by atoms with Crippen LogP contribution in [0.4, 0.5) is 4.79 Å². The molecule has 1 atom stereocenters. The van der Waals surface area contributed by atoms with Gasteiger partial charge < -0.3 is 11.1 Å². The Morgan fingerprint density at radius 3 is 2.30 bits per heavy atom. The number of hydrazine groups is 1. The number of aromatic nitrogens is 4. The Morgan fingerprint density at radius 2 is 1.62 bits per heavy atom. The third-order valence-corrected chi connectivity index (χ3v) is 5.53. The van der Waals surface area contributed by atoms with E-state index in [0.29, 0.717) is 17.9 Å². The zero-order valence-electron chi connectivity index (χ0n) is 20.1. The fourth-order valence-corrected chi connectivity index (χ4v) is 3.60. The van der Waals surface area contributed by atoms with Gasteiger partial charge in [0, 0.05) is 11.1 Å². The maximum Gasteiger partial charge on any atom is 0.312 e. The van der Waals surface area contributed by atoms with Crippen molar-refractivity contribution in [1.29, 1.82) is 0 Å². The van der Waals surface area contributed by atoms with Gasteiger partial charge in [-0.05, 0) is 35.4 Å². The van der Waals surface area contributed by atoms with Crippen LogP contribution in [0.1, 0.15) is 39.5 Å². The summed E-state index contributed by atoms with van der Waals surface area (Å²) in [6.45, 7) is 2.31. The lowest BCUT2D eigenvalue weighted by Gasteiger charge is -2.18. The molecule has 1 heterocycles. The minimum atomic E-state index is -0.750. The van der Waals surface area contributed by atoms with Gasteiger partial charge in [-0.25, -0.2) is 4.79 Å². The first kappa shape index (κ1) is 25.0. The second kappa shape index (κ2) is 11.6. The Morgan fingerprint density at radius 1 is 0.919 bits per heavy atom. The summed E-state index contributed by atoms with van der Waals surface area (Å²) in [7, 11) is 0. The highest BCUT2D eigenvalue weighted by atomic mass is 16.2. The maximum absolute atomic E-state index is 12.5. The molecule has 4 rings (SSSR count). The highest BCUT2D eigenvalue weighted by molar-refractivity contribution is 5.95. The fourth-order valence-electron chi connectivity index (χ4n) is 3.60. The molecule has 4 amide bonds. The van der Waals surface area contributed by atoms with E-state index in [-0.39, 0.29) is 6.42 Å². The van der Waals surface area contributed by atoms with Gasteiger partial charge in [-0.2, -0.15) is 4.80 Å². The van der Waals surface area contributed by atoms with Crippen molar-refractivity contribution in [2.24, 2.45) is 5.73 Å². The topological polar surface area (TPSA) is 157 Å². The molecule has 5 N–H and O–H groups in total. The predicted molar refractivity (Wildman–Crippen MR) is 136 cm³/mol. The van der Waals surface area contributed by atoms with Crippen molar-refractivity contribution in [2.45, 2.75) is 25.9 Å². The third kappa shape index (κ3) is 6.98. The lowest BCUT2D eigenvalue weighted by Crippen LogP contribution is -2.44. The third-order valence-electron chi connectivity index (χ3n) is 5.53. The summed E-state index contributed by atoms with van der Waals surface area (Å²) in [4.78, 5) is 37.8. The van der Waals surface area contributed by atoms with E-state index in [1.807, 2.05) is 49.4 Å². The number of carbonyl (C=O) groups excluding carboxylic acids is 3. The number of primary amides is 1. The van der Waals surface area contributed by atoms with Gasteiger partial charge in [-0.3, -0.25) is 20.4 Å². The Labute approximate surface area is 213 Å². The number of amides is 4. The Bertz CT molecular complexity index is 1370. The van der Waals surface area contributed by atoms with E-state index in [0.717, 1.165) is 22.3 Å². The van der Waals surface area contributed by atoms with Crippen LogP contribution in [-0.4, -0.2) is 38.1 Å². The van der Waals surface area contributed by atoms with Gasteiger partial charge in [0.25, 0.3) is 5.91 Å². The predicted octanol–water partition coefficient (Wildman–Crippen LogP) is 2.26. The Kier molecular flexibility index (Phi) is 7.84. The first-order valence-electron chi connectivity index (χ1n) is 11.5. The number of benzene rings is 3. The molecule has 0 aliphatic carbocycles. The van der Waals surface area contributed by atoms with E-state index in [2.05, 4.69) is 31.6 Å². The van der Waals surface area contributed by atoms with E-state index in [9.17, 15) is 14.4 Å². The molecule has 37 heavy (non-hydrogen) atoms. The van der Waals surface area contributed by atoms with Crippen molar-refractivity contribution in [3.05, 3.63) is 101 Å². The molecule has 0 fully saturated rings. The average molecular weight is 499 g/mol. The van der Waals surface area contributed by atoms with Crippen LogP contribution in [0, 0.1) is 6.92 Å². The zero-order valence-corrected chi connectivity index (χ0v) is 20.1. The number of nitrogens with one attached hydrogen (secondary N) is 3. The van der Waals surface area contributed by atoms with Crippen molar-refractivity contribution in [1.82, 2.24) is 36.4 Å². The molecule has 0 aliphatic heterocycles. The number of tetrazole rings is 1. The van der Waals surface area contributed by atoms with Crippen molar-refractivity contribution in [3.8, 4) is 11.4 Å². The SMILES string of the molecule is Cc1ccc([C@@H](CC(=O)NNC(=O)c2ccc(Cn3nnc(-c4ccccc4)n3)cc2)NC(N)=O)cc1. The second-order valence-electron chi connectivity index (χ2n) is 8.38. The van der Waals surface area contributed by atoms with Crippen LogP contribution in [0.5, 0.6) is 0 Å². The molecular formula is C26H26N8O3. The number of rotatable bonds is 8. The van der Waals surface area contributed by atoms with E-state index >= 15 is 0 Å². The molecule has 188 valence electrons.